The van der Waals surface area contributed by atoms with Crippen LogP contribution in [0.1, 0.15) is 118 Å². The van der Waals surface area contributed by atoms with Crippen LogP contribution in [-0.4, -0.2) is 66.3 Å². The van der Waals surface area contributed by atoms with Gasteiger partial charge in [0.2, 0.25) is 0 Å². The van der Waals surface area contributed by atoms with Crippen LogP contribution >= 0.6 is 0 Å². The van der Waals surface area contributed by atoms with Crippen molar-refractivity contribution in [2.45, 2.75) is 87.2 Å². The molecule has 0 saturated carbocycles. The van der Waals surface area contributed by atoms with Crippen LogP contribution in [0.25, 0.3) is 23.8 Å². The van der Waals surface area contributed by atoms with Crippen LogP contribution in [0, 0.1) is 13.8 Å². The van der Waals surface area contributed by atoms with Gasteiger partial charge in [0, 0.05) is 62.8 Å². The molecule has 0 aliphatic carbocycles. The van der Waals surface area contributed by atoms with Gasteiger partial charge in [0.25, 0.3) is 0 Å². The molecule has 1 aliphatic heterocycles. The first-order valence-corrected chi connectivity index (χ1v) is 19.7. The van der Waals surface area contributed by atoms with Crippen LogP contribution in [0.3, 0.4) is 0 Å². The number of hydrogen-bond acceptors (Lipinski definition) is 8. The van der Waals surface area contributed by atoms with Crippen LogP contribution in [-0.2, 0) is 62.5 Å². The number of rotatable bonds is 12. The molecule has 0 unspecified atom stereocenters. The predicted molar refractivity (Wildman–Crippen MR) is 223 cm³/mol. The van der Waals surface area contributed by atoms with E-state index in [1.807, 2.05) is 19.9 Å². The second-order valence-electron chi connectivity index (χ2n) is 14.4. The zero-order valence-corrected chi connectivity index (χ0v) is 35.4. The molecule has 0 atom stereocenters. The Balaban J connectivity index is 1.92. The van der Waals surface area contributed by atoms with Crippen LogP contribution < -0.4 is 30.9 Å². The summed E-state index contributed by atoms with van der Waals surface area (Å²) >= 11 is 0. The minimum absolute atomic E-state index is 0.0450. The number of carbonyl (C=O) groups excluding carboxylic acids is 3. The molecule has 8 bridgehead atoms. The Morgan fingerprint density at radius 2 is 1.26 bits per heavy atom. The number of benzene rings is 1. The minimum Gasteiger partial charge on any atom is -0.497 e. The smallest absolute Gasteiger partial charge is 0.338 e. The highest BCUT2D eigenvalue weighted by Gasteiger charge is 2.29. The van der Waals surface area contributed by atoms with Gasteiger partial charge in [-0.1, -0.05) is 27.7 Å². The summed E-state index contributed by atoms with van der Waals surface area (Å²) in [6, 6.07) is 3.48. The lowest BCUT2D eigenvalue weighted by molar-refractivity contribution is -0.142. The molecule has 0 radical (unpaired) electrons. The van der Waals surface area contributed by atoms with Crippen molar-refractivity contribution in [3.8, 4) is 11.5 Å². The van der Waals surface area contributed by atoms with Crippen molar-refractivity contribution in [3.63, 3.8) is 0 Å². The van der Waals surface area contributed by atoms with Crippen LogP contribution in [0.15, 0.2) is 12.1 Å². The summed E-state index contributed by atoms with van der Waals surface area (Å²) in [4.78, 5) is 53.7. The van der Waals surface area contributed by atoms with E-state index >= 15 is 0 Å². The van der Waals surface area contributed by atoms with Crippen molar-refractivity contribution >= 4 is 41.7 Å². The number of aromatic nitrogens is 4. The summed E-state index contributed by atoms with van der Waals surface area (Å²) in [5.74, 6) is -0.407. The van der Waals surface area contributed by atoms with Crippen molar-refractivity contribution in [1.82, 2.24) is 19.9 Å². The zero-order chi connectivity index (χ0) is 42.0. The summed E-state index contributed by atoms with van der Waals surface area (Å²) in [6.07, 6.45) is 9.00. The summed E-state index contributed by atoms with van der Waals surface area (Å²) in [7, 11) is 5.88. The summed E-state index contributed by atoms with van der Waals surface area (Å²) in [5.41, 5.74) is 12.6. The summed E-state index contributed by atoms with van der Waals surface area (Å²) in [5, 5.41) is 3.27. The predicted octanol–water partition coefficient (Wildman–Crippen LogP) is 4.49. The number of nitrogens with one attached hydrogen (secondary N) is 4. The average molecular weight is 791 g/mol. The van der Waals surface area contributed by atoms with Crippen molar-refractivity contribution < 1.29 is 38.1 Å². The Morgan fingerprint density at radius 1 is 0.621 bits per heavy atom. The normalized spacial score (nSPS) is 12.0. The Labute approximate surface area is 338 Å². The Bertz CT molecular complexity index is 2680. The van der Waals surface area contributed by atoms with E-state index in [1.165, 1.54) is 21.1 Å². The maximum absolute atomic E-state index is 13.8. The third-order valence-electron chi connectivity index (χ3n) is 11.3. The number of ether oxygens (including phenoxy) is 5. The highest BCUT2D eigenvalue weighted by Crippen LogP contribution is 2.39. The molecule has 6 rings (SSSR count). The number of carbonyl (C=O) groups is 3. The number of fused-ring (bicyclic) bond motifs is 8. The monoisotopic (exact) mass is 790 g/mol. The van der Waals surface area contributed by atoms with E-state index in [0.717, 1.165) is 94.3 Å². The van der Waals surface area contributed by atoms with Crippen molar-refractivity contribution in [1.29, 1.82) is 0 Å². The maximum atomic E-state index is 13.8. The second kappa shape index (κ2) is 17.1. The van der Waals surface area contributed by atoms with E-state index in [2.05, 4.69) is 59.8 Å². The van der Waals surface area contributed by atoms with Gasteiger partial charge in [-0.15, -0.1) is 0 Å². The molecule has 58 heavy (non-hydrogen) atoms. The Hall–Kier alpha value is -6.17. The molecule has 5 aromatic rings. The largest absolute Gasteiger partial charge is 0.497 e. The number of aromatic amines is 4. The van der Waals surface area contributed by atoms with Crippen LogP contribution in [0.5, 0.6) is 11.5 Å². The van der Waals surface area contributed by atoms with Gasteiger partial charge in [-0.2, -0.15) is 0 Å². The molecule has 12 nitrogen and oxygen atoms in total. The van der Waals surface area contributed by atoms with Gasteiger partial charge in [-0.25, -0.2) is 4.79 Å². The fourth-order valence-electron chi connectivity index (χ4n) is 8.36. The van der Waals surface area contributed by atoms with E-state index in [-0.39, 0.29) is 24.6 Å². The summed E-state index contributed by atoms with van der Waals surface area (Å²) < 4.78 is 27.9. The van der Waals surface area contributed by atoms with Gasteiger partial charge >= 0.3 is 17.9 Å². The number of methoxy groups -OCH3 is 4. The fraction of sp³-hybridized carbons (Fsp3) is 0.370. The Kier molecular flexibility index (Phi) is 12.2. The topological polar surface area (TPSA) is 161 Å². The van der Waals surface area contributed by atoms with E-state index in [0.29, 0.717) is 42.7 Å². The van der Waals surface area contributed by atoms with Gasteiger partial charge in [-0.05, 0) is 103 Å². The second-order valence-corrected chi connectivity index (χ2v) is 14.4. The number of H-pyrrole nitrogens is 4. The van der Waals surface area contributed by atoms with Gasteiger partial charge in [0.15, 0.2) is 0 Å². The molecule has 5 heterocycles. The molecule has 4 aromatic heterocycles. The average Bonchev–Trinajstić information content (AvgIpc) is 3.93. The first kappa shape index (κ1) is 41.5. The standard InChI is InChI=1S/C46H54N4O8/c1-12-27-29(14-3)44-43(42-32(46(53)57-11)16-26(54-8)17-40(42)55-9)45-30(15-4)28(13-2)37(50-45)20-35-24(6)33(22-58-25(7)51)39(48-35)21-38-31(18-41(52)56-10)23(5)34(47-38)19-36(27)49-44/h16-17,19-21,47-50H,12-15,18,22H2,1-11H3. The highest BCUT2D eigenvalue weighted by atomic mass is 16.5. The van der Waals surface area contributed by atoms with Crippen LogP contribution in [0.2, 0.25) is 0 Å². The van der Waals surface area contributed by atoms with Gasteiger partial charge in [0.05, 0.1) is 51.5 Å². The van der Waals surface area contributed by atoms with Crippen molar-refractivity contribution in [2.75, 3.05) is 28.4 Å². The molecule has 306 valence electrons. The number of hydrogen-bond donors (Lipinski definition) is 4. The van der Waals surface area contributed by atoms with Gasteiger partial charge in [0.1, 0.15) is 18.1 Å². The molecule has 1 aliphatic rings. The molecule has 12 heteroatoms. The Morgan fingerprint density at radius 3 is 1.86 bits per heavy atom. The summed E-state index contributed by atoms with van der Waals surface area (Å²) in [6.45, 7) is 14.0. The molecular formula is C46H54N4O8. The number of esters is 3. The van der Waals surface area contributed by atoms with E-state index in [1.54, 1.807) is 26.4 Å². The van der Waals surface area contributed by atoms with Crippen LogP contribution in [0.4, 0.5) is 0 Å². The molecule has 1 aromatic carbocycles. The van der Waals surface area contributed by atoms with Gasteiger partial charge < -0.3 is 43.6 Å². The van der Waals surface area contributed by atoms with E-state index in [4.69, 9.17) is 23.7 Å². The SMILES string of the molecule is CCc1c2[nH]c(c1CC)C(c1c(OC)cc(OC)cc1C(=O)OC)=c1[nH]c(c(CC)c1CC)=Cc1[nH]c(c(CC(=O)OC)c1C)C=c1[nH]c(c(C)c1COC(C)=O)=C2. The zero-order valence-electron chi connectivity index (χ0n) is 35.4. The fourth-order valence-corrected chi connectivity index (χ4v) is 8.36. The van der Waals surface area contributed by atoms with Gasteiger partial charge in [-0.3, -0.25) is 9.59 Å². The highest BCUT2D eigenvalue weighted by molar-refractivity contribution is 6.00. The lowest BCUT2D eigenvalue weighted by Crippen LogP contribution is -2.21. The van der Waals surface area contributed by atoms with Crippen molar-refractivity contribution in [2.24, 2.45) is 0 Å². The molecule has 0 fully saturated rings. The quantitative estimate of drug-likeness (QED) is 0.104. The van der Waals surface area contributed by atoms with E-state index in [9.17, 15) is 14.4 Å². The molecule has 0 amide bonds. The van der Waals surface area contributed by atoms with Crippen molar-refractivity contribution in [3.05, 3.63) is 112 Å². The molecule has 0 saturated heterocycles. The minimum atomic E-state index is -0.537. The third-order valence-corrected chi connectivity index (χ3v) is 11.3. The maximum Gasteiger partial charge on any atom is 0.338 e. The van der Waals surface area contributed by atoms with E-state index < -0.39 is 11.9 Å². The molecular weight excluding hydrogens is 737 g/mol. The molecule has 0 spiro atoms. The lowest BCUT2D eigenvalue weighted by atomic mass is 9.90. The third kappa shape index (κ3) is 7.39. The lowest BCUT2D eigenvalue weighted by Gasteiger charge is -2.18. The first-order valence-electron chi connectivity index (χ1n) is 19.7. The molecule has 4 N–H and O–H groups in total. The first-order chi connectivity index (χ1) is 27.9.